The van der Waals surface area contributed by atoms with Crippen molar-refractivity contribution in [3.8, 4) is 0 Å². The van der Waals surface area contributed by atoms with Crippen molar-refractivity contribution >= 4 is 21.5 Å². The number of nitrogen functional groups attached to an aromatic ring is 1. The van der Waals surface area contributed by atoms with Crippen molar-refractivity contribution in [2.24, 2.45) is 5.92 Å². The van der Waals surface area contributed by atoms with Crippen LogP contribution in [-0.4, -0.2) is 24.4 Å². The van der Waals surface area contributed by atoms with Gasteiger partial charge in [0.05, 0.1) is 17.6 Å². The molecule has 0 atom stereocenters. The lowest BCUT2D eigenvalue weighted by molar-refractivity contribution is 0.597. The number of nitrogens with zero attached hydrogens (tertiary/aromatic N) is 1. The van der Waals surface area contributed by atoms with Gasteiger partial charge in [-0.05, 0) is 18.8 Å². The highest BCUT2D eigenvalue weighted by Gasteiger charge is 2.28. The molecule has 0 bridgehead atoms. The molecule has 0 radical (unpaired) electrons. The number of hydrogen-bond donors (Lipinski definition) is 3. The Morgan fingerprint density at radius 1 is 1.64 bits per heavy atom. The first-order valence-electron chi connectivity index (χ1n) is 4.36. The zero-order valence-electron chi connectivity index (χ0n) is 7.53. The second-order valence-electron chi connectivity index (χ2n) is 3.53. The van der Waals surface area contributed by atoms with Crippen LogP contribution < -0.4 is 10.5 Å². The fourth-order valence-electron chi connectivity index (χ4n) is 1.17. The van der Waals surface area contributed by atoms with E-state index in [9.17, 15) is 8.42 Å². The van der Waals surface area contributed by atoms with E-state index in [1.54, 1.807) is 0 Å². The van der Waals surface area contributed by atoms with Crippen LogP contribution in [0.1, 0.15) is 12.8 Å². The van der Waals surface area contributed by atoms with E-state index in [1.165, 1.54) is 6.20 Å². The Morgan fingerprint density at radius 3 is 2.86 bits per heavy atom. The van der Waals surface area contributed by atoms with Gasteiger partial charge in [-0.25, -0.2) is 8.42 Å². The SMILES string of the molecule is Nc1cn[nH]c1NS(=O)(=O)CC1CC1. The summed E-state index contributed by atoms with van der Waals surface area (Å²) in [7, 11) is -3.27. The van der Waals surface area contributed by atoms with E-state index in [4.69, 9.17) is 5.73 Å². The number of aromatic nitrogens is 2. The summed E-state index contributed by atoms with van der Waals surface area (Å²) in [5, 5.41) is 6.11. The van der Waals surface area contributed by atoms with E-state index in [-0.39, 0.29) is 11.6 Å². The lowest BCUT2D eigenvalue weighted by atomic mass is 10.5. The summed E-state index contributed by atoms with van der Waals surface area (Å²) in [6, 6.07) is 0. The number of hydrogen-bond acceptors (Lipinski definition) is 4. The maximum atomic E-state index is 11.5. The zero-order valence-corrected chi connectivity index (χ0v) is 8.34. The molecule has 7 heteroatoms. The van der Waals surface area contributed by atoms with Crippen LogP contribution >= 0.6 is 0 Å². The van der Waals surface area contributed by atoms with Crippen LogP contribution in [-0.2, 0) is 10.0 Å². The first-order valence-corrected chi connectivity index (χ1v) is 6.01. The van der Waals surface area contributed by atoms with Gasteiger partial charge in [0, 0.05) is 0 Å². The highest BCUT2D eigenvalue weighted by Crippen LogP contribution is 2.30. The normalized spacial score (nSPS) is 16.9. The molecule has 2 rings (SSSR count). The van der Waals surface area contributed by atoms with Gasteiger partial charge in [0.25, 0.3) is 0 Å². The van der Waals surface area contributed by atoms with E-state index in [0.717, 1.165) is 12.8 Å². The summed E-state index contributed by atoms with van der Waals surface area (Å²) < 4.78 is 25.3. The van der Waals surface area contributed by atoms with Gasteiger partial charge in [0.1, 0.15) is 0 Å². The van der Waals surface area contributed by atoms with Gasteiger partial charge < -0.3 is 5.73 Å². The molecule has 4 N–H and O–H groups in total. The average Bonchev–Trinajstić information content (AvgIpc) is 2.77. The van der Waals surface area contributed by atoms with Gasteiger partial charge in [0.15, 0.2) is 5.82 Å². The number of nitrogens with two attached hydrogens (primary N) is 1. The minimum atomic E-state index is -3.27. The molecule has 14 heavy (non-hydrogen) atoms. The van der Waals surface area contributed by atoms with Crippen molar-refractivity contribution in [3.63, 3.8) is 0 Å². The van der Waals surface area contributed by atoms with Crippen molar-refractivity contribution in [1.82, 2.24) is 10.2 Å². The predicted octanol–water partition coefficient (Wildman–Crippen LogP) is 0.144. The Morgan fingerprint density at radius 2 is 2.36 bits per heavy atom. The van der Waals surface area contributed by atoms with Gasteiger partial charge in [-0.1, -0.05) is 0 Å². The Hall–Kier alpha value is -1.24. The van der Waals surface area contributed by atoms with Crippen LogP contribution in [0.4, 0.5) is 11.5 Å². The second-order valence-corrected chi connectivity index (χ2v) is 5.29. The van der Waals surface area contributed by atoms with E-state index in [2.05, 4.69) is 14.9 Å². The summed E-state index contributed by atoms with van der Waals surface area (Å²) in [4.78, 5) is 0. The van der Waals surface area contributed by atoms with Crippen molar-refractivity contribution in [2.75, 3.05) is 16.2 Å². The lowest BCUT2D eigenvalue weighted by Crippen LogP contribution is -2.18. The van der Waals surface area contributed by atoms with Crippen LogP contribution in [0.2, 0.25) is 0 Å². The van der Waals surface area contributed by atoms with Gasteiger partial charge in [-0.3, -0.25) is 9.82 Å². The number of rotatable bonds is 4. The molecule has 78 valence electrons. The Labute approximate surface area is 81.9 Å². The van der Waals surface area contributed by atoms with Crippen molar-refractivity contribution in [1.29, 1.82) is 0 Å². The molecule has 0 aliphatic heterocycles. The molecule has 0 spiro atoms. The fourth-order valence-corrected chi connectivity index (χ4v) is 2.68. The Balaban J connectivity index is 2.05. The first kappa shape index (κ1) is 9.32. The van der Waals surface area contributed by atoms with Crippen LogP contribution in [0.3, 0.4) is 0 Å². The van der Waals surface area contributed by atoms with Gasteiger partial charge in [-0.2, -0.15) is 5.10 Å². The summed E-state index contributed by atoms with van der Waals surface area (Å²) >= 11 is 0. The molecule has 0 unspecified atom stereocenters. The monoisotopic (exact) mass is 216 g/mol. The number of nitrogens with one attached hydrogen (secondary N) is 2. The predicted molar refractivity (Wildman–Crippen MR) is 53.1 cm³/mol. The highest BCUT2D eigenvalue weighted by atomic mass is 32.2. The first-order chi connectivity index (χ1) is 6.57. The van der Waals surface area contributed by atoms with Crippen molar-refractivity contribution in [2.45, 2.75) is 12.8 Å². The molecule has 1 saturated carbocycles. The molecule has 0 amide bonds. The maximum absolute atomic E-state index is 11.5. The molecule has 1 heterocycles. The molecule has 1 aliphatic rings. The quantitative estimate of drug-likeness (QED) is 0.666. The van der Waals surface area contributed by atoms with Crippen LogP contribution in [0.25, 0.3) is 0 Å². The van der Waals surface area contributed by atoms with Crippen LogP contribution in [0.5, 0.6) is 0 Å². The molecule has 0 saturated heterocycles. The van der Waals surface area contributed by atoms with Gasteiger partial charge in [0.2, 0.25) is 10.0 Å². The Bertz CT molecular complexity index is 421. The number of sulfonamides is 1. The smallest absolute Gasteiger partial charge is 0.234 e. The third-order valence-electron chi connectivity index (χ3n) is 2.08. The molecule has 0 aromatic carbocycles. The van der Waals surface area contributed by atoms with E-state index < -0.39 is 10.0 Å². The molecule has 1 aromatic heterocycles. The second kappa shape index (κ2) is 3.16. The third-order valence-corrected chi connectivity index (χ3v) is 3.50. The van der Waals surface area contributed by atoms with E-state index in [0.29, 0.717) is 11.6 Å². The largest absolute Gasteiger partial charge is 0.394 e. The molecular formula is C7H12N4O2S. The van der Waals surface area contributed by atoms with Crippen LogP contribution in [0.15, 0.2) is 6.20 Å². The lowest BCUT2D eigenvalue weighted by Gasteiger charge is -2.05. The average molecular weight is 216 g/mol. The summed E-state index contributed by atoms with van der Waals surface area (Å²) in [5.74, 6) is 0.744. The minimum Gasteiger partial charge on any atom is -0.394 e. The van der Waals surface area contributed by atoms with E-state index >= 15 is 0 Å². The van der Waals surface area contributed by atoms with E-state index in [1.807, 2.05) is 0 Å². The topological polar surface area (TPSA) is 101 Å². The standard InChI is InChI=1S/C7H12N4O2S/c8-6-3-9-10-7(6)11-14(12,13)4-5-1-2-5/h3,5H,1-2,4,8H2,(H2,9,10,11). The fraction of sp³-hybridized carbons (Fsp3) is 0.571. The minimum absolute atomic E-state index is 0.172. The summed E-state index contributed by atoms with van der Waals surface area (Å²) in [6.07, 6.45) is 3.37. The van der Waals surface area contributed by atoms with Crippen LogP contribution in [0, 0.1) is 5.92 Å². The van der Waals surface area contributed by atoms with Gasteiger partial charge >= 0.3 is 0 Å². The van der Waals surface area contributed by atoms with Crippen molar-refractivity contribution in [3.05, 3.63) is 6.20 Å². The summed E-state index contributed by atoms with van der Waals surface area (Å²) in [5.41, 5.74) is 5.78. The molecule has 1 aliphatic carbocycles. The number of aromatic amines is 1. The number of anilines is 2. The maximum Gasteiger partial charge on any atom is 0.234 e. The molecule has 1 aromatic rings. The van der Waals surface area contributed by atoms with Gasteiger partial charge in [-0.15, -0.1) is 0 Å². The Kier molecular flexibility index (Phi) is 2.10. The third kappa shape index (κ3) is 2.16. The number of H-pyrrole nitrogens is 1. The molecular weight excluding hydrogens is 204 g/mol. The zero-order chi connectivity index (χ0) is 10.2. The highest BCUT2D eigenvalue weighted by molar-refractivity contribution is 7.92. The molecule has 1 fully saturated rings. The van der Waals surface area contributed by atoms with Crippen molar-refractivity contribution < 1.29 is 8.42 Å². The summed E-state index contributed by atoms with van der Waals surface area (Å²) in [6.45, 7) is 0. The molecule has 6 nitrogen and oxygen atoms in total.